The third kappa shape index (κ3) is 15.8. The zero-order valence-corrected chi connectivity index (χ0v) is 25.6. The van der Waals surface area contributed by atoms with Crippen molar-refractivity contribution in [3.05, 3.63) is 65.5 Å². The molecule has 0 bridgehead atoms. The van der Waals surface area contributed by atoms with Gasteiger partial charge in [0, 0.05) is 45.4 Å². The van der Waals surface area contributed by atoms with E-state index in [0.717, 1.165) is 24.4 Å². The van der Waals surface area contributed by atoms with E-state index < -0.39 is 6.03 Å². The number of urea groups is 1. The molecule has 41 heavy (non-hydrogen) atoms. The van der Waals surface area contributed by atoms with E-state index in [9.17, 15) is 14.0 Å². The molecule has 0 heterocycles. The van der Waals surface area contributed by atoms with Crippen LogP contribution in [-0.4, -0.2) is 56.9 Å². The first kappa shape index (κ1) is 35.5. The Balaban J connectivity index is 0.000000367. The number of aliphatic imine (C=N–C) groups is 1. The SMILES string of the molecule is CN(CC1CCCCC1)CC(C)(C)Cc1ccc(F)cc1.CN=C(NN)c1cccc(NC(N)=O)c1.CNC(C)=O. The van der Waals surface area contributed by atoms with Crippen molar-refractivity contribution in [3.63, 3.8) is 0 Å². The van der Waals surface area contributed by atoms with E-state index in [2.05, 4.69) is 46.8 Å². The maximum absolute atomic E-state index is 13.0. The summed E-state index contributed by atoms with van der Waals surface area (Å²) < 4.78 is 13.0. The third-order valence-electron chi connectivity index (χ3n) is 6.70. The number of nitrogens with one attached hydrogen (secondary N) is 3. The van der Waals surface area contributed by atoms with Crippen LogP contribution in [0.1, 0.15) is 64.0 Å². The molecule has 0 aliphatic heterocycles. The van der Waals surface area contributed by atoms with Crippen molar-refractivity contribution in [2.45, 2.75) is 59.3 Å². The molecule has 1 aliphatic rings. The number of benzene rings is 2. The monoisotopic (exact) mass is 571 g/mol. The lowest BCUT2D eigenvalue weighted by atomic mass is 9.84. The molecule has 0 atom stereocenters. The van der Waals surface area contributed by atoms with Crippen molar-refractivity contribution in [1.82, 2.24) is 15.6 Å². The standard InChI is InChI=1S/C19H30FN.C9H13N5O.C3H7NO/c1-19(2,13-16-9-11-18(20)12-10-16)15-21(3)14-17-7-5-4-6-8-17;1-12-8(14-11)6-3-2-4-7(5-6)13-9(10)15;1-3(5)4-2/h9-12,17H,4-8,13-15H2,1-3H3;2-5H,11H2,1H3,(H,12,14)(H3,10,13,15);1-2H3,(H,4,5). The summed E-state index contributed by atoms with van der Waals surface area (Å²) in [4.78, 5) is 26.8. The van der Waals surface area contributed by atoms with Crippen LogP contribution in [0.15, 0.2) is 53.5 Å². The summed E-state index contributed by atoms with van der Waals surface area (Å²) in [6.07, 6.45) is 8.07. The molecular formula is C31H50FN7O2. The van der Waals surface area contributed by atoms with Gasteiger partial charge in [0.2, 0.25) is 5.91 Å². The Labute approximate surface area is 245 Å². The third-order valence-corrected chi connectivity index (χ3v) is 6.70. The first-order valence-corrected chi connectivity index (χ1v) is 14.1. The largest absolute Gasteiger partial charge is 0.359 e. The fourth-order valence-electron chi connectivity index (χ4n) is 4.98. The van der Waals surface area contributed by atoms with Gasteiger partial charge in [-0.1, -0.05) is 57.4 Å². The van der Waals surface area contributed by atoms with E-state index in [4.69, 9.17) is 11.6 Å². The van der Waals surface area contributed by atoms with Crippen LogP contribution in [0.2, 0.25) is 0 Å². The number of rotatable bonds is 8. The molecule has 1 aliphatic carbocycles. The zero-order chi connectivity index (χ0) is 30.8. The lowest BCUT2D eigenvalue weighted by Crippen LogP contribution is -2.36. The number of hydrazine groups is 1. The summed E-state index contributed by atoms with van der Waals surface area (Å²) in [5.74, 6) is 6.56. The van der Waals surface area contributed by atoms with Crippen molar-refractivity contribution in [3.8, 4) is 0 Å². The van der Waals surface area contributed by atoms with Crippen LogP contribution in [0.3, 0.4) is 0 Å². The molecule has 228 valence electrons. The molecule has 0 radical (unpaired) electrons. The molecule has 10 heteroatoms. The second kappa shape index (κ2) is 18.8. The summed E-state index contributed by atoms with van der Waals surface area (Å²) >= 11 is 0. The average Bonchev–Trinajstić information content (AvgIpc) is 2.91. The van der Waals surface area contributed by atoms with Gasteiger partial charge in [-0.25, -0.2) is 15.0 Å². The minimum absolute atomic E-state index is 0.00463. The Hall–Kier alpha value is -3.50. The van der Waals surface area contributed by atoms with Crippen molar-refractivity contribution in [2.75, 3.05) is 39.5 Å². The fraction of sp³-hybridized carbons (Fsp3) is 0.516. The van der Waals surface area contributed by atoms with E-state index in [-0.39, 0.29) is 17.1 Å². The molecule has 3 rings (SSSR count). The Kier molecular flexibility index (Phi) is 16.3. The van der Waals surface area contributed by atoms with Crippen LogP contribution in [0.25, 0.3) is 0 Å². The summed E-state index contributed by atoms with van der Waals surface area (Å²) in [5.41, 5.74) is 10.3. The predicted octanol–water partition coefficient (Wildman–Crippen LogP) is 4.68. The summed E-state index contributed by atoms with van der Waals surface area (Å²) in [5, 5.41) is 4.85. The van der Waals surface area contributed by atoms with Crippen LogP contribution in [0.5, 0.6) is 0 Å². The first-order valence-electron chi connectivity index (χ1n) is 14.1. The molecule has 0 unspecified atom stereocenters. The summed E-state index contributed by atoms with van der Waals surface area (Å²) in [7, 11) is 5.47. The number of hydrogen-bond acceptors (Lipinski definition) is 5. The van der Waals surface area contributed by atoms with Crippen LogP contribution >= 0.6 is 0 Å². The second-order valence-corrected chi connectivity index (χ2v) is 11.3. The number of carbonyl (C=O) groups excluding carboxylic acids is 2. The number of halogens is 1. The number of anilines is 1. The smallest absolute Gasteiger partial charge is 0.316 e. The van der Waals surface area contributed by atoms with Gasteiger partial charge in [0.15, 0.2) is 0 Å². The van der Waals surface area contributed by atoms with Crippen LogP contribution in [0.4, 0.5) is 14.9 Å². The van der Waals surface area contributed by atoms with Gasteiger partial charge in [0.1, 0.15) is 11.7 Å². The van der Waals surface area contributed by atoms with E-state index in [1.54, 1.807) is 44.4 Å². The number of amidine groups is 1. The van der Waals surface area contributed by atoms with Gasteiger partial charge < -0.3 is 26.7 Å². The number of hydrogen-bond donors (Lipinski definition) is 5. The second-order valence-electron chi connectivity index (χ2n) is 11.3. The summed E-state index contributed by atoms with van der Waals surface area (Å²) in [6.45, 7) is 8.43. The van der Waals surface area contributed by atoms with Gasteiger partial charge in [-0.2, -0.15) is 0 Å². The molecule has 2 aromatic rings. The maximum atomic E-state index is 13.0. The van der Waals surface area contributed by atoms with Gasteiger partial charge in [-0.3, -0.25) is 9.79 Å². The Morgan fingerprint density at radius 1 is 1.10 bits per heavy atom. The molecule has 1 saturated carbocycles. The average molecular weight is 572 g/mol. The normalized spacial score (nSPS) is 13.7. The number of amides is 3. The maximum Gasteiger partial charge on any atom is 0.316 e. The Morgan fingerprint density at radius 3 is 2.22 bits per heavy atom. The van der Waals surface area contributed by atoms with Gasteiger partial charge >= 0.3 is 6.03 Å². The van der Waals surface area contributed by atoms with Gasteiger partial charge in [-0.15, -0.1) is 0 Å². The van der Waals surface area contributed by atoms with Gasteiger partial charge in [-0.05, 0) is 67.5 Å². The van der Waals surface area contributed by atoms with Crippen molar-refractivity contribution >= 4 is 23.5 Å². The topological polar surface area (TPSA) is 138 Å². The molecule has 1 fully saturated rings. The Bertz CT molecular complexity index is 1080. The molecule has 2 aromatic carbocycles. The highest BCUT2D eigenvalue weighted by Crippen LogP contribution is 2.27. The highest BCUT2D eigenvalue weighted by atomic mass is 19.1. The van der Waals surface area contributed by atoms with Crippen molar-refractivity contribution in [1.29, 1.82) is 0 Å². The number of nitrogens with two attached hydrogens (primary N) is 2. The molecule has 0 aromatic heterocycles. The Morgan fingerprint density at radius 2 is 1.71 bits per heavy atom. The van der Waals surface area contributed by atoms with Crippen LogP contribution in [0, 0.1) is 17.2 Å². The van der Waals surface area contributed by atoms with Crippen LogP contribution < -0.4 is 27.6 Å². The zero-order valence-electron chi connectivity index (χ0n) is 25.6. The number of nitrogens with zero attached hydrogens (tertiary/aromatic N) is 2. The predicted molar refractivity (Wildman–Crippen MR) is 167 cm³/mol. The van der Waals surface area contributed by atoms with Crippen LogP contribution in [-0.2, 0) is 11.2 Å². The molecule has 7 N–H and O–H groups in total. The minimum Gasteiger partial charge on any atom is -0.359 e. The van der Waals surface area contributed by atoms with E-state index >= 15 is 0 Å². The van der Waals surface area contributed by atoms with Gasteiger partial charge in [0.05, 0.1) is 0 Å². The molecule has 9 nitrogen and oxygen atoms in total. The van der Waals surface area contributed by atoms with Gasteiger partial charge in [0.25, 0.3) is 0 Å². The molecular weight excluding hydrogens is 521 g/mol. The highest BCUT2D eigenvalue weighted by molar-refractivity contribution is 5.99. The van der Waals surface area contributed by atoms with Crippen molar-refractivity contribution < 1.29 is 14.0 Å². The number of primary amides is 1. The van der Waals surface area contributed by atoms with E-state index in [1.807, 2.05) is 18.2 Å². The van der Waals surface area contributed by atoms with Crippen molar-refractivity contribution in [2.24, 2.45) is 27.9 Å². The van der Waals surface area contributed by atoms with E-state index in [0.29, 0.717) is 11.5 Å². The molecule has 3 amide bonds. The first-order chi connectivity index (χ1) is 19.4. The molecule has 0 saturated heterocycles. The van der Waals surface area contributed by atoms with E-state index in [1.165, 1.54) is 51.1 Å². The lowest BCUT2D eigenvalue weighted by molar-refractivity contribution is -0.118. The fourth-order valence-corrected chi connectivity index (χ4v) is 4.98. The summed E-state index contributed by atoms with van der Waals surface area (Å²) in [6, 6.07) is 13.4. The number of carbonyl (C=O) groups is 2. The highest BCUT2D eigenvalue weighted by Gasteiger charge is 2.23. The minimum atomic E-state index is -0.608. The lowest BCUT2D eigenvalue weighted by Gasteiger charge is -2.33. The molecule has 0 spiro atoms. The quantitative estimate of drug-likeness (QED) is 0.136.